The van der Waals surface area contributed by atoms with E-state index in [4.69, 9.17) is 21.2 Å². The Morgan fingerprint density at radius 2 is 1.94 bits per heavy atom. The lowest BCUT2D eigenvalue weighted by Crippen LogP contribution is -2.39. The average Bonchev–Trinajstić information content (AvgIpc) is 3.27. The molecule has 1 aliphatic rings. The Bertz CT molecular complexity index is 1140. The zero-order valence-corrected chi connectivity index (χ0v) is 19.8. The van der Waals surface area contributed by atoms with Gasteiger partial charge in [0.1, 0.15) is 30.4 Å². The van der Waals surface area contributed by atoms with Gasteiger partial charge in [0.05, 0.1) is 5.71 Å². The second-order valence-electron chi connectivity index (χ2n) is 8.50. The fourth-order valence-electron chi connectivity index (χ4n) is 4.02. The van der Waals surface area contributed by atoms with Crippen LogP contribution in [-0.4, -0.2) is 47.6 Å². The normalized spacial score (nSPS) is 16.3. The summed E-state index contributed by atoms with van der Waals surface area (Å²) in [4.78, 5) is 7.72. The van der Waals surface area contributed by atoms with E-state index < -0.39 is 6.10 Å². The van der Waals surface area contributed by atoms with Gasteiger partial charge in [-0.05, 0) is 42.3 Å². The van der Waals surface area contributed by atoms with Gasteiger partial charge in [0.15, 0.2) is 0 Å². The van der Waals surface area contributed by atoms with Gasteiger partial charge in [0.25, 0.3) is 0 Å². The SMILES string of the molecule is Cc1ccccc1OC[C@H](O)CN(Cc1cccc(Cl)c1)C[C@@H]1CC(c2ccccc2F)=NO1. The number of aliphatic hydroxyl groups is 1. The molecule has 5 nitrogen and oxygen atoms in total. The van der Waals surface area contributed by atoms with Crippen LogP contribution in [0, 0.1) is 12.7 Å². The third-order valence-corrected chi connectivity index (χ3v) is 5.90. The highest BCUT2D eigenvalue weighted by atomic mass is 35.5. The van der Waals surface area contributed by atoms with E-state index in [0.29, 0.717) is 42.4 Å². The van der Waals surface area contributed by atoms with Crippen LogP contribution < -0.4 is 4.74 Å². The summed E-state index contributed by atoms with van der Waals surface area (Å²) in [6.45, 7) is 3.58. The molecular formula is C27H28ClFN2O3. The van der Waals surface area contributed by atoms with Crippen molar-refractivity contribution in [2.24, 2.45) is 5.16 Å². The van der Waals surface area contributed by atoms with Crippen LogP contribution in [0.5, 0.6) is 5.75 Å². The van der Waals surface area contributed by atoms with Crippen LogP contribution >= 0.6 is 11.6 Å². The molecule has 178 valence electrons. The fourth-order valence-corrected chi connectivity index (χ4v) is 4.23. The van der Waals surface area contributed by atoms with Crippen molar-refractivity contribution in [2.45, 2.75) is 32.1 Å². The smallest absolute Gasteiger partial charge is 0.145 e. The monoisotopic (exact) mass is 482 g/mol. The molecule has 0 fully saturated rings. The van der Waals surface area contributed by atoms with E-state index in [1.807, 2.05) is 55.5 Å². The lowest BCUT2D eigenvalue weighted by molar-refractivity contribution is 0.0212. The second kappa shape index (κ2) is 11.5. The van der Waals surface area contributed by atoms with Gasteiger partial charge < -0.3 is 14.7 Å². The molecule has 0 spiro atoms. The first-order chi connectivity index (χ1) is 16.5. The number of ether oxygens (including phenoxy) is 1. The molecule has 7 heteroatoms. The first-order valence-corrected chi connectivity index (χ1v) is 11.7. The molecule has 0 saturated carbocycles. The van der Waals surface area contributed by atoms with Crippen LogP contribution in [0.25, 0.3) is 0 Å². The quantitative estimate of drug-likeness (QED) is 0.430. The van der Waals surface area contributed by atoms with Crippen LogP contribution in [0.3, 0.4) is 0 Å². The molecule has 1 heterocycles. The highest BCUT2D eigenvalue weighted by Gasteiger charge is 2.27. The predicted octanol–water partition coefficient (Wildman–Crippen LogP) is 5.22. The minimum absolute atomic E-state index is 0.166. The summed E-state index contributed by atoms with van der Waals surface area (Å²) in [6.07, 6.45) is -0.478. The molecule has 4 rings (SSSR count). The number of hydrogen-bond acceptors (Lipinski definition) is 5. The van der Waals surface area contributed by atoms with Gasteiger partial charge in [-0.1, -0.05) is 65.3 Å². The van der Waals surface area contributed by atoms with Gasteiger partial charge in [-0.25, -0.2) is 4.39 Å². The third-order valence-electron chi connectivity index (χ3n) is 5.67. The van der Waals surface area contributed by atoms with E-state index in [9.17, 15) is 9.50 Å². The summed E-state index contributed by atoms with van der Waals surface area (Å²) in [5.74, 6) is 0.440. The molecule has 34 heavy (non-hydrogen) atoms. The number of hydrogen-bond donors (Lipinski definition) is 1. The molecule has 2 atom stereocenters. The van der Waals surface area contributed by atoms with Gasteiger partial charge in [-0.3, -0.25) is 4.90 Å². The maximum atomic E-state index is 14.2. The summed E-state index contributed by atoms with van der Waals surface area (Å²) < 4.78 is 20.0. The zero-order valence-electron chi connectivity index (χ0n) is 19.0. The molecule has 1 N–H and O–H groups in total. The molecule has 0 radical (unpaired) electrons. The standard InChI is InChI=1S/C27H28ClFN2O3/c1-19-7-2-5-12-27(19)33-18-22(32)16-31(15-20-8-6-9-21(28)13-20)17-23-14-26(30-34-23)24-10-3-4-11-25(24)29/h2-13,22-23,32H,14-18H2,1H3/t22-,23+/m1/s1. The Kier molecular flexibility index (Phi) is 8.16. The van der Waals surface area contributed by atoms with Crippen molar-refractivity contribution in [3.63, 3.8) is 0 Å². The van der Waals surface area contributed by atoms with E-state index in [2.05, 4.69) is 10.1 Å². The first kappa shape index (κ1) is 24.2. The van der Waals surface area contributed by atoms with Gasteiger partial charge >= 0.3 is 0 Å². The minimum Gasteiger partial charge on any atom is -0.491 e. The molecular weight excluding hydrogens is 455 g/mol. The van der Waals surface area contributed by atoms with E-state index in [0.717, 1.165) is 16.9 Å². The number of halogens is 2. The van der Waals surface area contributed by atoms with Crippen molar-refractivity contribution in [3.05, 3.63) is 100 Å². The molecule has 3 aromatic carbocycles. The molecule has 0 aliphatic carbocycles. The molecule has 0 aromatic heterocycles. The van der Waals surface area contributed by atoms with E-state index >= 15 is 0 Å². The van der Waals surface area contributed by atoms with E-state index in [1.54, 1.807) is 18.2 Å². The Morgan fingerprint density at radius 3 is 2.74 bits per heavy atom. The number of aryl methyl sites for hydroxylation is 1. The number of oxime groups is 1. The van der Waals surface area contributed by atoms with E-state index in [-0.39, 0.29) is 18.5 Å². The Balaban J connectivity index is 1.40. The van der Waals surface area contributed by atoms with Gasteiger partial charge in [0, 0.05) is 36.6 Å². The van der Waals surface area contributed by atoms with Gasteiger partial charge in [-0.15, -0.1) is 0 Å². The lowest BCUT2D eigenvalue weighted by Gasteiger charge is -2.27. The Morgan fingerprint density at radius 1 is 1.15 bits per heavy atom. The summed E-state index contributed by atoms with van der Waals surface area (Å²) in [5, 5.41) is 15.5. The number of aliphatic hydroxyl groups excluding tert-OH is 1. The number of rotatable bonds is 10. The van der Waals surface area contributed by atoms with E-state index in [1.165, 1.54) is 6.07 Å². The number of nitrogens with zero attached hydrogens (tertiary/aromatic N) is 2. The average molecular weight is 483 g/mol. The maximum Gasteiger partial charge on any atom is 0.145 e. The Hall–Kier alpha value is -2.93. The van der Waals surface area contributed by atoms with Crippen LogP contribution in [-0.2, 0) is 11.4 Å². The molecule has 1 aliphatic heterocycles. The lowest BCUT2D eigenvalue weighted by atomic mass is 10.0. The third kappa shape index (κ3) is 6.56. The molecule has 0 saturated heterocycles. The summed E-state index contributed by atoms with van der Waals surface area (Å²) >= 11 is 6.17. The summed E-state index contributed by atoms with van der Waals surface area (Å²) in [7, 11) is 0. The van der Waals surface area contributed by atoms with Crippen LogP contribution in [0.2, 0.25) is 5.02 Å². The predicted molar refractivity (Wildman–Crippen MR) is 132 cm³/mol. The van der Waals surface area contributed by atoms with Crippen molar-refractivity contribution in [3.8, 4) is 5.75 Å². The minimum atomic E-state index is -0.716. The molecule has 0 bridgehead atoms. The maximum absolute atomic E-state index is 14.2. The topological polar surface area (TPSA) is 54.3 Å². The number of benzene rings is 3. The summed E-state index contributed by atoms with van der Waals surface area (Å²) in [5.41, 5.74) is 3.09. The Labute approximate surface area is 204 Å². The molecule has 0 unspecified atom stereocenters. The summed E-state index contributed by atoms with van der Waals surface area (Å²) in [6, 6.07) is 21.9. The van der Waals surface area contributed by atoms with Crippen LogP contribution in [0.1, 0.15) is 23.1 Å². The van der Waals surface area contributed by atoms with Crippen LogP contribution in [0.4, 0.5) is 4.39 Å². The zero-order chi connectivity index (χ0) is 23.9. The van der Waals surface area contributed by atoms with Crippen molar-refractivity contribution >= 4 is 17.3 Å². The van der Waals surface area contributed by atoms with Crippen molar-refractivity contribution in [2.75, 3.05) is 19.7 Å². The van der Waals surface area contributed by atoms with Crippen molar-refractivity contribution < 1.29 is 19.1 Å². The van der Waals surface area contributed by atoms with Crippen molar-refractivity contribution in [1.29, 1.82) is 0 Å². The largest absolute Gasteiger partial charge is 0.491 e. The van der Waals surface area contributed by atoms with Crippen LogP contribution in [0.15, 0.2) is 78.0 Å². The highest BCUT2D eigenvalue weighted by Crippen LogP contribution is 2.22. The van der Waals surface area contributed by atoms with Gasteiger partial charge in [0.2, 0.25) is 0 Å². The van der Waals surface area contributed by atoms with Crippen molar-refractivity contribution in [1.82, 2.24) is 4.90 Å². The first-order valence-electron chi connectivity index (χ1n) is 11.3. The highest BCUT2D eigenvalue weighted by molar-refractivity contribution is 6.30. The molecule has 3 aromatic rings. The second-order valence-corrected chi connectivity index (χ2v) is 8.94. The van der Waals surface area contributed by atoms with Gasteiger partial charge in [-0.2, -0.15) is 0 Å². The number of para-hydroxylation sites is 1. The molecule has 0 amide bonds. The fraction of sp³-hybridized carbons (Fsp3) is 0.296.